The van der Waals surface area contributed by atoms with Gasteiger partial charge in [0.25, 0.3) is 0 Å². The van der Waals surface area contributed by atoms with Crippen LogP contribution < -0.4 is 0 Å². The van der Waals surface area contributed by atoms with Crippen molar-refractivity contribution in [3.8, 4) is 0 Å². The van der Waals surface area contributed by atoms with Crippen molar-refractivity contribution < 1.29 is 27.4 Å². The number of pyridine rings is 1. The molecular weight excluding hydrogens is 368 g/mol. The van der Waals surface area contributed by atoms with Crippen LogP contribution in [0.25, 0.3) is 11.0 Å². The maximum atomic E-state index is 14.2. The van der Waals surface area contributed by atoms with Crippen molar-refractivity contribution in [2.75, 3.05) is 6.61 Å². The van der Waals surface area contributed by atoms with Gasteiger partial charge in [-0.05, 0) is 18.5 Å². The SMILES string of the molecule is C[Si](C)(C)CCOCn1c(CO)cc2ncc(F)c(CCC(F)(F)F)c21. The molecule has 0 spiro atoms. The average molecular weight is 392 g/mol. The van der Waals surface area contributed by atoms with Crippen LogP contribution in [0.2, 0.25) is 25.7 Å². The Balaban J connectivity index is 2.32. The summed E-state index contributed by atoms with van der Waals surface area (Å²) in [5, 5.41) is 9.55. The molecule has 0 fully saturated rings. The van der Waals surface area contributed by atoms with Crippen LogP contribution in [-0.2, 0) is 24.5 Å². The molecule has 26 heavy (non-hydrogen) atoms. The standard InChI is InChI=1S/C17H24F4N2O2Si/c1-26(2,3)7-6-25-11-23-12(10-24)8-15-16(23)13(14(18)9-22-15)4-5-17(19,20)21/h8-9,24H,4-7,10-11H2,1-3H3. The van der Waals surface area contributed by atoms with Gasteiger partial charge in [0.1, 0.15) is 12.5 Å². The van der Waals surface area contributed by atoms with Gasteiger partial charge in [0.2, 0.25) is 0 Å². The molecule has 1 N–H and O–H groups in total. The zero-order valence-electron chi connectivity index (χ0n) is 15.2. The number of aryl methyl sites for hydroxylation is 1. The lowest BCUT2D eigenvalue weighted by atomic mass is 10.1. The second-order valence-electron chi connectivity index (χ2n) is 7.50. The van der Waals surface area contributed by atoms with E-state index >= 15 is 0 Å². The highest BCUT2D eigenvalue weighted by Crippen LogP contribution is 2.29. The van der Waals surface area contributed by atoms with Gasteiger partial charge in [0.15, 0.2) is 0 Å². The van der Waals surface area contributed by atoms with Gasteiger partial charge in [-0.2, -0.15) is 13.2 Å². The third-order valence-electron chi connectivity index (χ3n) is 4.09. The fourth-order valence-electron chi connectivity index (χ4n) is 2.64. The number of aliphatic hydroxyl groups excluding tert-OH is 1. The third kappa shape index (κ3) is 5.52. The van der Waals surface area contributed by atoms with Crippen LogP contribution >= 0.6 is 0 Å². The summed E-state index contributed by atoms with van der Waals surface area (Å²) >= 11 is 0. The summed E-state index contributed by atoms with van der Waals surface area (Å²) in [6, 6.07) is 2.47. The summed E-state index contributed by atoms with van der Waals surface area (Å²) in [6.45, 7) is 6.81. The highest BCUT2D eigenvalue weighted by atomic mass is 28.3. The maximum Gasteiger partial charge on any atom is 0.389 e. The Hall–Kier alpha value is -1.45. The van der Waals surface area contributed by atoms with Crippen LogP contribution in [0.3, 0.4) is 0 Å². The highest BCUT2D eigenvalue weighted by Gasteiger charge is 2.28. The minimum Gasteiger partial charge on any atom is -0.390 e. The van der Waals surface area contributed by atoms with E-state index in [-0.39, 0.29) is 24.4 Å². The first-order valence-corrected chi connectivity index (χ1v) is 12.1. The number of aromatic nitrogens is 2. The molecule has 0 radical (unpaired) electrons. The van der Waals surface area contributed by atoms with E-state index in [2.05, 4.69) is 24.6 Å². The maximum absolute atomic E-state index is 14.2. The van der Waals surface area contributed by atoms with Crippen molar-refractivity contribution in [2.45, 2.75) is 58.0 Å². The molecule has 0 atom stereocenters. The van der Waals surface area contributed by atoms with E-state index in [4.69, 9.17) is 4.74 Å². The molecule has 0 saturated carbocycles. The molecule has 0 saturated heterocycles. The molecule has 0 bridgehead atoms. The fraction of sp³-hybridized carbons (Fsp3) is 0.588. The minimum atomic E-state index is -4.38. The largest absolute Gasteiger partial charge is 0.390 e. The average Bonchev–Trinajstić information content (AvgIpc) is 2.87. The Bertz CT molecular complexity index is 754. The second kappa shape index (κ2) is 8.06. The van der Waals surface area contributed by atoms with Gasteiger partial charge >= 0.3 is 6.18 Å². The Morgan fingerprint density at radius 1 is 1.27 bits per heavy atom. The number of hydrogen-bond acceptors (Lipinski definition) is 3. The molecule has 2 heterocycles. The highest BCUT2D eigenvalue weighted by molar-refractivity contribution is 6.76. The van der Waals surface area contributed by atoms with Crippen molar-refractivity contribution in [2.24, 2.45) is 0 Å². The molecule has 2 rings (SSSR count). The summed E-state index contributed by atoms with van der Waals surface area (Å²) in [5.41, 5.74) is 0.980. The van der Waals surface area contributed by atoms with Gasteiger partial charge in [-0.3, -0.25) is 4.98 Å². The first kappa shape index (κ1) is 20.9. The summed E-state index contributed by atoms with van der Waals surface area (Å²) in [6.07, 6.45) is -5.07. The molecule has 0 unspecified atom stereocenters. The molecule has 4 nitrogen and oxygen atoms in total. The van der Waals surface area contributed by atoms with Crippen molar-refractivity contribution >= 4 is 19.1 Å². The Labute approximate surface area is 150 Å². The smallest absolute Gasteiger partial charge is 0.389 e. The van der Waals surface area contributed by atoms with Gasteiger partial charge < -0.3 is 14.4 Å². The van der Waals surface area contributed by atoms with E-state index < -0.39 is 32.9 Å². The number of fused-ring (bicyclic) bond motifs is 1. The lowest BCUT2D eigenvalue weighted by Crippen LogP contribution is -2.22. The molecule has 146 valence electrons. The zero-order valence-corrected chi connectivity index (χ0v) is 16.2. The lowest BCUT2D eigenvalue weighted by molar-refractivity contribution is -0.134. The fourth-order valence-corrected chi connectivity index (χ4v) is 3.39. The number of nitrogens with zero attached hydrogens (tertiary/aromatic N) is 2. The lowest BCUT2D eigenvalue weighted by Gasteiger charge is -2.17. The van der Waals surface area contributed by atoms with Gasteiger partial charge in [0, 0.05) is 32.4 Å². The topological polar surface area (TPSA) is 47.3 Å². The number of hydrogen-bond donors (Lipinski definition) is 1. The summed E-state index contributed by atoms with van der Waals surface area (Å²) in [7, 11) is -1.29. The summed E-state index contributed by atoms with van der Waals surface area (Å²) < 4.78 is 59.2. The molecule has 2 aromatic rings. The van der Waals surface area contributed by atoms with Crippen molar-refractivity contribution in [3.63, 3.8) is 0 Å². The predicted octanol–water partition coefficient (Wildman–Crippen LogP) is 4.47. The summed E-state index contributed by atoms with van der Waals surface area (Å²) in [5.74, 6) is -0.785. The first-order valence-electron chi connectivity index (χ1n) is 8.42. The normalized spacial score (nSPS) is 12.9. The monoisotopic (exact) mass is 392 g/mol. The van der Waals surface area contributed by atoms with Gasteiger partial charge in [-0.15, -0.1) is 0 Å². The van der Waals surface area contributed by atoms with E-state index in [0.717, 1.165) is 12.2 Å². The zero-order chi connectivity index (χ0) is 19.5. The van der Waals surface area contributed by atoms with Crippen LogP contribution in [0.1, 0.15) is 17.7 Å². The van der Waals surface area contributed by atoms with Crippen LogP contribution in [-0.4, -0.2) is 35.5 Å². The summed E-state index contributed by atoms with van der Waals surface area (Å²) in [4.78, 5) is 3.95. The van der Waals surface area contributed by atoms with E-state index in [1.54, 1.807) is 6.07 Å². The number of aliphatic hydroxyl groups is 1. The second-order valence-corrected chi connectivity index (χ2v) is 13.1. The predicted molar refractivity (Wildman–Crippen MR) is 94.1 cm³/mol. The molecule has 2 aromatic heterocycles. The van der Waals surface area contributed by atoms with Crippen LogP contribution in [0.5, 0.6) is 0 Å². The molecule has 9 heteroatoms. The number of ether oxygens (including phenoxy) is 1. The van der Waals surface area contributed by atoms with Gasteiger partial charge in [0.05, 0.1) is 23.8 Å². The number of rotatable bonds is 8. The van der Waals surface area contributed by atoms with Crippen LogP contribution in [0.4, 0.5) is 17.6 Å². The van der Waals surface area contributed by atoms with Crippen LogP contribution in [0, 0.1) is 5.82 Å². The quantitative estimate of drug-likeness (QED) is 0.409. The van der Waals surface area contributed by atoms with Crippen molar-refractivity contribution in [3.05, 3.63) is 29.3 Å². The molecule has 0 aliphatic rings. The molecule has 0 aliphatic heterocycles. The third-order valence-corrected chi connectivity index (χ3v) is 5.80. The first-order chi connectivity index (χ1) is 12.0. The number of alkyl halides is 3. The van der Waals surface area contributed by atoms with E-state index in [0.29, 0.717) is 17.8 Å². The Kier molecular flexibility index (Phi) is 6.46. The van der Waals surface area contributed by atoms with E-state index in [1.165, 1.54) is 4.57 Å². The van der Waals surface area contributed by atoms with E-state index in [1.807, 2.05) is 0 Å². The molecule has 0 amide bonds. The van der Waals surface area contributed by atoms with Gasteiger partial charge in [-0.25, -0.2) is 4.39 Å². The molecule has 0 aliphatic carbocycles. The molecular formula is C17H24F4N2O2Si. The minimum absolute atomic E-state index is 0.0357. The van der Waals surface area contributed by atoms with Gasteiger partial charge in [-0.1, -0.05) is 19.6 Å². The Morgan fingerprint density at radius 2 is 1.96 bits per heavy atom. The van der Waals surface area contributed by atoms with Crippen molar-refractivity contribution in [1.82, 2.24) is 9.55 Å². The number of halogens is 4. The van der Waals surface area contributed by atoms with Crippen molar-refractivity contribution in [1.29, 1.82) is 0 Å². The van der Waals surface area contributed by atoms with Crippen LogP contribution in [0.15, 0.2) is 12.3 Å². The Morgan fingerprint density at radius 3 is 2.54 bits per heavy atom. The van der Waals surface area contributed by atoms with E-state index in [9.17, 15) is 22.7 Å². The molecule has 0 aromatic carbocycles.